The number of rotatable bonds is 4. The van der Waals surface area contributed by atoms with Gasteiger partial charge in [-0.15, -0.1) is 5.10 Å². The molecule has 0 aliphatic heterocycles. The Morgan fingerprint density at radius 3 is 2.61 bits per heavy atom. The molecule has 0 radical (unpaired) electrons. The number of methoxy groups -OCH3 is 1. The molecule has 6 heteroatoms. The van der Waals surface area contributed by atoms with E-state index in [0.717, 1.165) is 5.56 Å². The van der Waals surface area contributed by atoms with Crippen molar-refractivity contribution < 1.29 is 9.47 Å². The van der Waals surface area contributed by atoms with Crippen LogP contribution in [0.3, 0.4) is 0 Å². The molecular formula is C12H16N4O2. The minimum atomic E-state index is -0.208. The summed E-state index contributed by atoms with van der Waals surface area (Å²) in [5.41, 5.74) is 6.74. The zero-order chi connectivity index (χ0) is 13.1. The Kier molecular flexibility index (Phi) is 3.47. The van der Waals surface area contributed by atoms with Crippen molar-refractivity contribution in [3.8, 4) is 17.5 Å². The van der Waals surface area contributed by atoms with E-state index < -0.39 is 0 Å². The Morgan fingerprint density at radius 1 is 1.33 bits per heavy atom. The second-order valence-electron chi connectivity index (χ2n) is 3.96. The summed E-state index contributed by atoms with van der Waals surface area (Å²) in [6.45, 7) is 1.87. The molecule has 18 heavy (non-hydrogen) atoms. The smallest absolute Gasteiger partial charge is 0.340 e. The molecule has 96 valence electrons. The van der Waals surface area contributed by atoms with E-state index in [4.69, 9.17) is 15.2 Å². The van der Waals surface area contributed by atoms with Crippen molar-refractivity contribution in [2.24, 2.45) is 12.8 Å². The van der Waals surface area contributed by atoms with Crippen molar-refractivity contribution in [2.75, 3.05) is 7.11 Å². The number of benzene rings is 1. The lowest BCUT2D eigenvalue weighted by molar-refractivity contribution is 0.391. The summed E-state index contributed by atoms with van der Waals surface area (Å²) < 4.78 is 12.5. The van der Waals surface area contributed by atoms with Crippen LogP contribution in [0.1, 0.15) is 18.5 Å². The Bertz CT molecular complexity index is 537. The molecule has 2 aromatic rings. The van der Waals surface area contributed by atoms with E-state index in [-0.39, 0.29) is 12.1 Å². The number of nitrogens with two attached hydrogens (primary N) is 1. The van der Waals surface area contributed by atoms with Gasteiger partial charge in [-0.05, 0) is 19.1 Å². The Morgan fingerprint density at radius 2 is 2.06 bits per heavy atom. The summed E-state index contributed by atoms with van der Waals surface area (Å²) in [5, 5.41) is 4.06. The first-order valence-corrected chi connectivity index (χ1v) is 5.57. The van der Waals surface area contributed by atoms with Crippen LogP contribution in [0.25, 0.3) is 0 Å². The quantitative estimate of drug-likeness (QED) is 0.890. The molecule has 0 amide bonds. The summed E-state index contributed by atoms with van der Waals surface area (Å²) in [6, 6.07) is 5.57. The van der Waals surface area contributed by atoms with E-state index in [0.29, 0.717) is 11.5 Å². The summed E-state index contributed by atoms with van der Waals surface area (Å²) >= 11 is 0. The number of nitrogens with zero attached hydrogens (tertiary/aromatic N) is 3. The van der Waals surface area contributed by atoms with E-state index in [2.05, 4.69) is 10.1 Å². The zero-order valence-corrected chi connectivity index (χ0v) is 10.6. The van der Waals surface area contributed by atoms with Crippen LogP contribution in [0.5, 0.6) is 17.5 Å². The van der Waals surface area contributed by atoms with Crippen LogP contribution in [0, 0.1) is 0 Å². The lowest BCUT2D eigenvalue weighted by Crippen LogP contribution is -2.09. The first kappa shape index (κ1) is 12.4. The highest BCUT2D eigenvalue weighted by Crippen LogP contribution is 2.34. The van der Waals surface area contributed by atoms with Crippen molar-refractivity contribution >= 4 is 0 Å². The van der Waals surface area contributed by atoms with Crippen LogP contribution in [0.4, 0.5) is 0 Å². The van der Waals surface area contributed by atoms with Gasteiger partial charge in [0.1, 0.15) is 17.8 Å². The molecule has 0 spiro atoms. The summed E-state index contributed by atoms with van der Waals surface area (Å²) in [7, 11) is 3.38. The highest BCUT2D eigenvalue weighted by molar-refractivity contribution is 5.47. The maximum absolute atomic E-state index is 5.94. The van der Waals surface area contributed by atoms with E-state index in [1.807, 2.05) is 25.1 Å². The zero-order valence-electron chi connectivity index (χ0n) is 10.6. The number of aryl methyl sites for hydroxylation is 1. The third kappa shape index (κ3) is 2.43. The average Bonchev–Trinajstić information content (AvgIpc) is 2.74. The maximum atomic E-state index is 5.94. The SMILES string of the molecule is COc1cccc(Oc2ncn(C)n2)c1[C@H](C)N. The van der Waals surface area contributed by atoms with Gasteiger partial charge in [-0.2, -0.15) is 4.98 Å². The van der Waals surface area contributed by atoms with Crippen LogP contribution < -0.4 is 15.2 Å². The van der Waals surface area contributed by atoms with Gasteiger partial charge in [-0.25, -0.2) is 0 Å². The molecule has 0 aliphatic rings. The predicted octanol–water partition coefficient (Wildman–Crippen LogP) is 1.64. The van der Waals surface area contributed by atoms with E-state index >= 15 is 0 Å². The van der Waals surface area contributed by atoms with Crippen LogP contribution in [0.15, 0.2) is 24.5 Å². The summed E-state index contributed by atoms with van der Waals surface area (Å²) in [4.78, 5) is 4.01. The van der Waals surface area contributed by atoms with E-state index in [9.17, 15) is 0 Å². The Balaban J connectivity index is 2.37. The van der Waals surface area contributed by atoms with Crippen LogP contribution in [-0.4, -0.2) is 21.9 Å². The fourth-order valence-corrected chi connectivity index (χ4v) is 1.70. The molecular weight excluding hydrogens is 232 g/mol. The molecule has 0 aliphatic carbocycles. The van der Waals surface area contributed by atoms with Gasteiger partial charge in [-0.1, -0.05) is 6.07 Å². The molecule has 0 unspecified atom stereocenters. The van der Waals surface area contributed by atoms with Gasteiger partial charge < -0.3 is 15.2 Å². The molecule has 1 atom stereocenters. The first-order valence-electron chi connectivity index (χ1n) is 5.57. The van der Waals surface area contributed by atoms with Gasteiger partial charge in [0.05, 0.1) is 12.7 Å². The summed E-state index contributed by atoms with van der Waals surface area (Å²) in [5.74, 6) is 1.30. The predicted molar refractivity (Wildman–Crippen MR) is 66.7 cm³/mol. The molecule has 6 nitrogen and oxygen atoms in total. The average molecular weight is 248 g/mol. The Labute approximate surface area is 105 Å². The van der Waals surface area contributed by atoms with Gasteiger partial charge >= 0.3 is 6.01 Å². The molecule has 2 rings (SSSR count). The van der Waals surface area contributed by atoms with Gasteiger partial charge in [0, 0.05) is 13.1 Å². The van der Waals surface area contributed by atoms with Crippen LogP contribution in [-0.2, 0) is 7.05 Å². The standard InChI is InChI=1S/C12H16N4O2/c1-8(13)11-9(17-3)5-4-6-10(11)18-12-14-7-16(2)15-12/h4-8H,13H2,1-3H3/t8-/m0/s1. The second-order valence-corrected chi connectivity index (χ2v) is 3.96. The number of hydrogen-bond acceptors (Lipinski definition) is 5. The normalized spacial score (nSPS) is 12.2. The molecule has 1 aromatic heterocycles. The topological polar surface area (TPSA) is 75.2 Å². The molecule has 0 saturated heterocycles. The summed E-state index contributed by atoms with van der Waals surface area (Å²) in [6.07, 6.45) is 1.57. The molecule has 2 N–H and O–H groups in total. The lowest BCUT2D eigenvalue weighted by atomic mass is 10.1. The van der Waals surface area contributed by atoms with Crippen molar-refractivity contribution in [1.82, 2.24) is 14.8 Å². The van der Waals surface area contributed by atoms with Gasteiger partial charge in [-0.3, -0.25) is 4.68 Å². The fourth-order valence-electron chi connectivity index (χ4n) is 1.70. The van der Waals surface area contributed by atoms with Crippen LogP contribution >= 0.6 is 0 Å². The molecule has 0 saturated carbocycles. The van der Waals surface area contributed by atoms with Gasteiger partial charge in [0.15, 0.2) is 0 Å². The van der Waals surface area contributed by atoms with E-state index in [1.54, 1.807) is 25.2 Å². The van der Waals surface area contributed by atoms with Crippen molar-refractivity contribution in [1.29, 1.82) is 0 Å². The third-order valence-corrected chi connectivity index (χ3v) is 2.48. The first-order chi connectivity index (χ1) is 8.61. The van der Waals surface area contributed by atoms with Crippen molar-refractivity contribution in [3.63, 3.8) is 0 Å². The molecule has 0 bridgehead atoms. The van der Waals surface area contributed by atoms with Crippen molar-refractivity contribution in [3.05, 3.63) is 30.1 Å². The number of aromatic nitrogens is 3. The lowest BCUT2D eigenvalue weighted by Gasteiger charge is -2.15. The minimum Gasteiger partial charge on any atom is -0.496 e. The van der Waals surface area contributed by atoms with Gasteiger partial charge in [0.25, 0.3) is 0 Å². The van der Waals surface area contributed by atoms with Gasteiger partial charge in [0.2, 0.25) is 0 Å². The maximum Gasteiger partial charge on any atom is 0.340 e. The molecule has 1 aromatic carbocycles. The van der Waals surface area contributed by atoms with Crippen molar-refractivity contribution in [2.45, 2.75) is 13.0 Å². The fraction of sp³-hybridized carbons (Fsp3) is 0.333. The monoisotopic (exact) mass is 248 g/mol. The molecule has 0 fully saturated rings. The van der Waals surface area contributed by atoms with E-state index in [1.165, 1.54) is 0 Å². The second kappa shape index (κ2) is 5.05. The van der Waals surface area contributed by atoms with Crippen LogP contribution in [0.2, 0.25) is 0 Å². The number of ether oxygens (including phenoxy) is 2. The molecule has 1 heterocycles. The number of hydrogen-bond donors (Lipinski definition) is 1. The third-order valence-electron chi connectivity index (χ3n) is 2.48. The highest BCUT2D eigenvalue weighted by atomic mass is 16.5. The largest absolute Gasteiger partial charge is 0.496 e. The highest BCUT2D eigenvalue weighted by Gasteiger charge is 2.16. The minimum absolute atomic E-state index is 0.208. The Hall–Kier alpha value is -2.08.